The summed E-state index contributed by atoms with van der Waals surface area (Å²) in [4.78, 5) is 23.6. The second kappa shape index (κ2) is 6.15. The summed E-state index contributed by atoms with van der Waals surface area (Å²) in [5.74, 6) is -0.766. The molecular formula is C14H15F3N2O4. The van der Waals surface area contributed by atoms with Gasteiger partial charge in [0, 0.05) is 19.2 Å². The molecule has 2 rings (SSSR count). The predicted octanol–water partition coefficient (Wildman–Crippen LogP) is 2.46. The standard InChI is InChI=1S/C14H15F3N2O4/c1-8-4-5-18(7-12(8)20)13(21)10-3-2-9(14(15,16)17)6-11(10)19(22)23/h2-3,6,8,12,20H,4-5,7H2,1H3. The monoisotopic (exact) mass is 332 g/mol. The lowest BCUT2D eigenvalue weighted by Gasteiger charge is -2.34. The van der Waals surface area contributed by atoms with E-state index in [9.17, 15) is 33.2 Å². The van der Waals surface area contributed by atoms with Crippen LogP contribution in [0, 0.1) is 16.0 Å². The number of aliphatic hydroxyl groups excluding tert-OH is 1. The van der Waals surface area contributed by atoms with Gasteiger partial charge in [0.15, 0.2) is 0 Å². The Bertz CT molecular complexity index is 633. The lowest BCUT2D eigenvalue weighted by Crippen LogP contribution is -2.45. The second-order valence-electron chi connectivity index (χ2n) is 5.57. The van der Waals surface area contributed by atoms with Crippen molar-refractivity contribution in [3.63, 3.8) is 0 Å². The number of likely N-dealkylation sites (tertiary alicyclic amines) is 1. The zero-order valence-corrected chi connectivity index (χ0v) is 12.2. The zero-order valence-electron chi connectivity index (χ0n) is 12.2. The van der Waals surface area contributed by atoms with Gasteiger partial charge in [-0.3, -0.25) is 14.9 Å². The molecule has 0 aromatic heterocycles. The quantitative estimate of drug-likeness (QED) is 0.666. The number of benzene rings is 1. The molecule has 0 spiro atoms. The van der Waals surface area contributed by atoms with Gasteiger partial charge in [0.05, 0.1) is 16.6 Å². The number of nitro benzene ring substituents is 1. The molecule has 1 amide bonds. The van der Waals surface area contributed by atoms with Crippen molar-refractivity contribution in [2.75, 3.05) is 13.1 Å². The van der Waals surface area contributed by atoms with Crippen LogP contribution in [0.25, 0.3) is 0 Å². The summed E-state index contributed by atoms with van der Waals surface area (Å²) in [7, 11) is 0. The van der Waals surface area contributed by atoms with Gasteiger partial charge in [-0.2, -0.15) is 13.2 Å². The number of amides is 1. The number of nitrogens with zero attached hydrogens (tertiary/aromatic N) is 2. The maximum absolute atomic E-state index is 12.7. The zero-order chi connectivity index (χ0) is 17.4. The summed E-state index contributed by atoms with van der Waals surface area (Å²) < 4.78 is 38.0. The number of β-amino-alcohol motifs (C(OH)–C–C–N with tert-alkyl or cyclic N) is 1. The predicted molar refractivity (Wildman–Crippen MR) is 73.8 cm³/mol. The third-order valence-electron chi connectivity index (χ3n) is 3.96. The molecule has 0 radical (unpaired) electrons. The number of alkyl halides is 3. The van der Waals surface area contributed by atoms with Crippen molar-refractivity contribution in [1.29, 1.82) is 0 Å². The van der Waals surface area contributed by atoms with Crippen LogP contribution in [0.3, 0.4) is 0 Å². The first-order valence-electron chi connectivity index (χ1n) is 6.94. The number of hydrogen-bond donors (Lipinski definition) is 1. The lowest BCUT2D eigenvalue weighted by atomic mass is 9.95. The summed E-state index contributed by atoms with van der Waals surface area (Å²) in [6.07, 6.45) is -4.98. The first-order chi connectivity index (χ1) is 10.6. The smallest absolute Gasteiger partial charge is 0.391 e. The molecule has 0 aliphatic carbocycles. The molecule has 1 aromatic carbocycles. The van der Waals surface area contributed by atoms with E-state index >= 15 is 0 Å². The minimum Gasteiger partial charge on any atom is -0.391 e. The number of aliphatic hydroxyl groups is 1. The lowest BCUT2D eigenvalue weighted by molar-refractivity contribution is -0.385. The Morgan fingerprint density at radius 1 is 1.43 bits per heavy atom. The number of halogens is 3. The molecule has 1 aromatic rings. The van der Waals surface area contributed by atoms with Crippen LogP contribution >= 0.6 is 0 Å². The first kappa shape index (κ1) is 17.2. The van der Waals surface area contributed by atoms with Gasteiger partial charge in [-0.15, -0.1) is 0 Å². The molecule has 0 saturated carbocycles. The van der Waals surface area contributed by atoms with E-state index in [-0.39, 0.29) is 19.0 Å². The number of carbonyl (C=O) groups is 1. The molecule has 1 heterocycles. The summed E-state index contributed by atoms with van der Waals surface area (Å²) in [5.41, 5.74) is -2.49. The molecule has 1 aliphatic heterocycles. The summed E-state index contributed by atoms with van der Waals surface area (Å²) in [6, 6.07) is 1.81. The van der Waals surface area contributed by atoms with Crippen LogP contribution in [0.5, 0.6) is 0 Å². The van der Waals surface area contributed by atoms with E-state index in [4.69, 9.17) is 0 Å². The van der Waals surface area contributed by atoms with Crippen LogP contribution in [0.4, 0.5) is 18.9 Å². The molecule has 126 valence electrons. The van der Waals surface area contributed by atoms with Crippen molar-refractivity contribution in [2.45, 2.75) is 25.6 Å². The molecule has 1 N–H and O–H groups in total. The average molecular weight is 332 g/mol. The molecule has 1 saturated heterocycles. The van der Waals surface area contributed by atoms with E-state index in [1.54, 1.807) is 0 Å². The Balaban J connectivity index is 2.35. The molecule has 0 bridgehead atoms. The number of hydrogen-bond acceptors (Lipinski definition) is 4. The van der Waals surface area contributed by atoms with E-state index in [1.165, 1.54) is 4.90 Å². The second-order valence-corrected chi connectivity index (χ2v) is 5.57. The van der Waals surface area contributed by atoms with Gasteiger partial charge in [-0.25, -0.2) is 0 Å². The van der Waals surface area contributed by atoms with Gasteiger partial charge >= 0.3 is 6.18 Å². The van der Waals surface area contributed by atoms with Crippen LogP contribution in [0.15, 0.2) is 18.2 Å². The summed E-state index contributed by atoms with van der Waals surface area (Å²) in [6.45, 7) is 2.10. The van der Waals surface area contributed by atoms with Gasteiger partial charge < -0.3 is 10.0 Å². The highest BCUT2D eigenvalue weighted by Gasteiger charge is 2.36. The number of rotatable bonds is 2. The van der Waals surface area contributed by atoms with E-state index < -0.39 is 39.9 Å². The van der Waals surface area contributed by atoms with Crippen molar-refractivity contribution < 1.29 is 28.0 Å². The summed E-state index contributed by atoms with van der Waals surface area (Å²) in [5, 5.41) is 20.8. The molecule has 1 fully saturated rings. The van der Waals surface area contributed by atoms with Crippen LogP contribution in [0.1, 0.15) is 29.3 Å². The molecule has 2 atom stereocenters. The van der Waals surface area contributed by atoms with Crippen molar-refractivity contribution >= 4 is 11.6 Å². The molecule has 23 heavy (non-hydrogen) atoms. The van der Waals surface area contributed by atoms with E-state index in [0.29, 0.717) is 18.6 Å². The fourth-order valence-electron chi connectivity index (χ4n) is 2.44. The van der Waals surface area contributed by atoms with E-state index in [1.807, 2.05) is 6.92 Å². The van der Waals surface area contributed by atoms with Crippen LogP contribution in [0.2, 0.25) is 0 Å². The number of piperidine rings is 1. The van der Waals surface area contributed by atoms with Crippen LogP contribution in [-0.4, -0.2) is 40.0 Å². The van der Waals surface area contributed by atoms with Gasteiger partial charge in [-0.1, -0.05) is 6.92 Å². The first-order valence-corrected chi connectivity index (χ1v) is 6.94. The Labute approximate surface area is 129 Å². The summed E-state index contributed by atoms with van der Waals surface area (Å²) >= 11 is 0. The molecular weight excluding hydrogens is 317 g/mol. The molecule has 1 aliphatic rings. The van der Waals surface area contributed by atoms with Crippen LogP contribution < -0.4 is 0 Å². The molecule has 9 heteroatoms. The van der Waals surface area contributed by atoms with Gasteiger partial charge in [0.2, 0.25) is 0 Å². The Hall–Kier alpha value is -2.16. The van der Waals surface area contributed by atoms with E-state index in [2.05, 4.69) is 0 Å². The number of carbonyl (C=O) groups excluding carboxylic acids is 1. The fraction of sp³-hybridized carbons (Fsp3) is 0.500. The Morgan fingerprint density at radius 3 is 2.61 bits per heavy atom. The highest BCUT2D eigenvalue weighted by Crippen LogP contribution is 2.33. The SMILES string of the molecule is CC1CCN(C(=O)c2ccc(C(F)(F)F)cc2[N+](=O)[O-])CC1O. The third kappa shape index (κ3) is 3.61. The number of nitro groups is 1. The van der Waals surface area contributed by atoms with Crippen molar-refractivity contribution in [3.8, 4) is 0 Å². The third-order valence-corrected chi connectivity index (χ3v) is 3.96. The normalized spacial score (nSPS) is 22.0. The van der Waals surface area contributed by atoms with Gasteiger partial charge in [0.25, 0.3) is 11.6 Å². The van der Waals surface area contributed by atoms with Crippen molar-refractivity contribution in [2.24, 2.45) is 5.92 Å². The Kier molecular flexibility index (Phi) is 4.60. The van der Waals surface area contributed by atoms with Crippen LogP contribution in [-0.2, 0) is 6.18 Å². The van der Waals surface area contributed by atoms with Crippen molar-refractivity contribution in [1.82, 2.24) is 4.90 Å². The van der Waals surface area contributed by atoms with E-state index in [0.717, 1.165) is 6.07 Å². The topological polar surface area (TPSA) is 83.7 Å². The molecule has 6 nitrogen and oxygen atoms in total. The van der Waals surface area contributed by atoms with Gasteiger partial charge in [-0.05, 0) is 24.5 Å². The minimum atomic E-state index is -4.73. The minimum absolute atomic E-state index is 0.00181. The Morgan fingerprint density at radius 2 is 2.09 bits per heavy atom. The average Bonchev–Trinajstić information content (AvgIpc) is 2.47. The maximum atomic E-state index is 12.7. The fourth-order valence-corrected chi connectivity index (χ4v) is 2.44. The maximum Gasteiger partial charge on any atom is 0.416 e. The molecule has 2 unspecified atom stereocenters. The van der Waals surface area contributed by atoms with Gasteiger partial charge in [0.1, 0.15) is 5.56 Å². The largest absolute Gasteiger partial charge is 0.416 e. The highest BCUT2D eigenvalue weighted by molar-refractivity contribution is 5.98. The van der Waals surface area contributed by atoms with Crippen molar-refractivity contribution in [3.05, 3.63) is 39.4 Å². The highest BCUT2D eigenvalue weighted by atomic mass is 19.4.